The number of halogens is 3. The van der Waals surface area contributed by atoms with Gasteiger partial charge in [0.15, 0.2) is 17.5 Å². The van der Waals surface area contributed by atoms with E-state index in [1.807, 2.05) is 36.4 Å². The first-order valence-corrected chi connectivity index (χ1v) is 8.23. The van der Waals surface area contributed by atoms with Crippen molar-refractivity contribution in [2.45, 2.75) is 0 Å². The largest absolute Gasteiger partial charge is 0.340 e. The van der Waals surface area contributed by atoms with Crippen molar-refractivity contribution in [1.82, 2.24) is 9.97 Å². The number of hydrogen-bond acceptors (Lipinski definition) is 3. The molecule has 0 unspecified atom stereocenters. The average Bonchev–Trinajstić information content (AvgIpc) is 2.65. The van der Waals surface area contributed by atoms with Gasteiger partial charge in [-0.05, 0) is 48.5 Å². The van der Waals surface area contributed by atoms with Gasteiger partial charge in [-0.3, -0.25) is 0 Å². The standard InChI is InChI=1S/C20H12ClF2N3/c21-13-7-5-12(6-8-13)19-25-18-4-2-1-3-15(18)20(26-19)24-14-9-10-16(22)17(23)11-14/h1-11H,(H,24,25,26). The van der Waals surface area contributed by atoms with Crippen LogP contribution in [0.4, 0.5) is 20.3 Å². The van der Waals surface area contributed by atoms with E-state index in [1.165, 1.54) is 6.07 Å². The van der Waals surface area contributed by atoms with Crippen LogP contribution in [0, 0.1) is 11.6 Å². The van der Waals surface area contributed by atoms with Crippen LogP contribution in [0.2, 0.25) is 5.02 Å². The normalized spacial score (nSPS) is 10.9. The summed E-state index contributed by atoms with van der Waals surface area (Å²) in [4.78, 5) is 9.15. The van der Waals surface area contributed by atoms with Crippen molar-refractivity contribution < 1.29 is 8.78 Å². The lowest BCUT2D eigenvalue weighted by molar-refractivity contribution is 0.509. The van der Waals surface area contributed by atoms with Gasteiger partial charge in [0.25, 0.3) is 0 Å². The molecule has 0 atom stereocenters. The van der Waals surface area contributed by atoms with E-state index in [-0.39, 0.29) is 0 Å². The molecule has 1 aromatic heterocycles. The molecule has 4 aromatic rings. The maximum Gasteiger partial charge on any atom is 0.162 e. The molecule has 0 aliphatic carbocycles. The number of nitrogens with zero attached hydrogens (tertiary/aromatic N) is 2. The summed E-state index contributed by atoms with van der Waals surface area (Å²) in [7, 11) is 0. The van der Waals surface area contributed by atoms with Crippen LogP contribution in [0.25, 0.3) is 22.3 Å². The Hall–Kier alpha value is -3.05. The zero-order valence-corrected chi connectivity index (χ0v) is 14.1. The van der Waals surface area contributed by atoms with Crippen molar-refractivity contribution in [3.8, 4) is 11.4 Å². The number of aromatic nitrogens is 2. The van der Waals surface area contributed by atoms with Gasteiger partial charge in [0, 0.05) is 27.7 Å². The van der Waals surface area contributed by atoms with Gasteiger partial charge in [0.05, 0.1) is 5.52 Å². The summed E-state index contributed by atoms with van der Waals surface area (Å²) in [5.74, 6) is -0.812. The minimum absolute atomic E-state index is 0.398. The molecule has 4 rings (SSSR count). The van der Waals surface area contributed by atoms with Crippen molar-refractivity contribution in [1.29, 1.82) is 0 Å². The highest BCUT2D eigenvalue weighted by molar-refractivity contribution is 6.30. The van der Waals surface area contributed by atoms with Crippen molar-refractivity contribution in [2.75, 3.05) is 5.32 Å². The topological polar surface area (TPSA) is 37.8 Å². The summed E-state index contributed by atoms with van der Waals surface area (Å²) in [6, 6.07) is 18.3. The summed E-state index contributed by atoms with van der Waals surface area (Å²) >= 11 is 5.94. The summed E-state index contributed by atoms with van der Waals surface area (Å²) < 4.78 is 26.7. The van der Waals surface area contributed by atoms with Crippen LogP contribution in [-0.4, -0.2) is 9.97 Å². The number of nitrogens with one attached hydrogen (secondary N) is 1. The van der Waals surface area contributed by atoms with Gasteiger partial charge in [0.2, 0.25) is 0 Å². The van der Waals surface area contributed by atoms with Crippen molar-refractivity contribution in [3.05, 3.63) is 83.4 Å². The fourth-order valence-electron chi connectivity index (χ4n) is 2.61. The van der Waals surface area contributed by atoms with Crippen molar-refractivity contribution in [3.63, 3.8) is 0 Å². The van der Waals surface area contributed by atoms with E-state index >= 15 is 0 Å². The molecular formula is C20H12ClF2N3. The zero-order valence-electron chi connectivity index (χ0n) is 13.4. The van der Waals surface area contributed by atoms with E-state index in [2.05, 4.69) is 15.3 Å². The van der Waals surface area contributed by atoms with Gasteiger partial charge < -0.3 is 5.32 Å². The molecule has 0 aliphatic rings. The highest BCUT2D eigenvalue weighted by Gasteiger charge is 2.11. The molecular weight excluding hydrogens is 356 g/mol. The third-order valence-electron chi connectivity index (χ3n) is 3.89. The van der Waals surface area contributed by atoms with Crippen LogP contribution in [-0.2, 0) is 0 Å². The Kier molecular flexibility index (Phi) is 4.22. The van der Waals surface area contributed by atoms with Crippen LogP contribution in [0.3, 0.4) is 0 Å². The van der Waals surface area contributed by atoms with Gasteiger partial charge >= 0.3 is 0 Å². The molecule has 1 N–H and O–H groups in total. The summed E-state index contributed by atoms with van der Waals surface area (Å²) in [5.41, 5.74) is 1.93. The Morgan fingerprint density at radius 1 is 0.808 bits per heavy atom. The lowest BCUT2D eigenvalue weighted by Crippen LogP contribution is -2.00. The Labute approximate surface area is 153 Å². The smallest absolute Gasteiger partial charge is 0.162 e. The number of para-hydroxylation sites is 1. The monoisotopic (exact) mass is 367 g/mol. The minimum atomic E-state index is -0.925. The predicted molar refractivity (Wildman–Crippen MR) is 99.6 cm³/mol. The maximum absolute atomic E-state index is 13.5. The second-order valence-electron chi connectivity index (χ2n) is 5.67. The lowest BCUT2D eigenvalue weighted by Gasteiger charge is -2.11. The number of rotatable bonds is 3. The molecule has 0 saturated carbocycles. The minimum Gasteiger partial charge on any atom is -0.340 e. The van der Waals surface area contributed by atoms with E-state index in [9.17, 15) is 8.78 Å². The molecule has 3 aromatic carbocycles. The van der Waals surface area contributed by atoms with Crippen LogP contribution >= 0.6 is 11.6 Å². The predicted octanol–water partition coefficient (Wildman–Crippen LogP) is 5.97. The molecule has 1 heterocycles. The van der Waals surface area contributed by atoms with Gasteiger partial charge in [-0.15, -0.1) is 0 Å². The van der Waals surface area contributed by atoms with Crippen LogP contribution in [0.1, 0.15) is 0 Å². The number of benzene rings is 3. The van der Waals surface area contributed by atoms with Gasteiger partial charge in [-0.2, -0.15) is 0 Å². The second-order valence-corrected chi connectivity index (χ2v) is 6.11. The quantitative estimate of drug-likeness (QED) is 0.484. The SMILES string of the molecule is Fc1ccc(Nc2nc(-c3ccc(Cl)cc3)nc3ccccc23)cc1F. The van der Waals surface area contributed by atoms with Gasteiger partial charge in [0.1, 0.15) is 5.82 Å². The Morgan fingerprint density at radius 2 is 1.58 bits per heavy atom. The Bertz CT molecular complexity index is 1100. The highest BCUT2D eigenvalue weighted by atomic mass is 35.5. The molecule has 0 aliphatic heterocycles. The summed E-state index contributed by atoms with van der Waals surface area (Å²) in [6.45, 7) is 0. The van der Waals surface area contributed by atoms with Crippen molar-refractivity contribution in [2.24, 2.45) is 0 Å². The first-order chi connectivity index (χ1) is 12.6. The average molecular weight is 368 g/mol. The van der Waals surface area contributed by atoms with E-state index in [4.69, 9.17) is 11.6 Å². The molecule has 0 amide bonds. The van der Waals surface area contributed by atoms with Gasteiger partial charge in [-0.1, -0.05) is 23.7 Å². The van der Waals surface area contributed by atoms with E-state index < -0.39 is 11.6 Å². The first-order valence-electron chi connectivity index (χ1n) is 7.85. The molecule has 3 nitrogen and oxygen atoms in total. The van der Waals surface area contributed by atoms with Crippen LogP contribution in [0.15, 0.2) is 66.7 Å². The maximum atomic E-state index is 13.5. The molecule has 6 heteroatoms. The lowest BCUT2D eigenvalue weighted by atomic mass is 10.2. The molecule has 0 radical (unpaired) electrons. The molecule has 128 valence electrons. The molecule has 0 bridgehead atoms. The third-order valence-corrected chi connectivity index (χ3v) is 4.14. The Morgan fingerprint density at radius 3 is 2.35 bits per heavy atom. The zero-order chi connectivity index (χ0) is 18.1. The molecule has 0 spiro atoms. The first kappa shape index (κ1) is 16.4. The van der Waals surface area contributed by atoms with Crippen LogP contribution < -0.4 is 5.32 Å². The second kappa shape index (κ2) is 6.69. The van der Waals surface area contributed by atoms with Crippen molar-refractivity contribution >= 4 is 34.0 Å². The molecule has 0 saturated heterocycles. The van der Waals surface area contributed by atoms with Gasteiger partial charge in [-0.25, -0.2) is 18.7 Å². The number of hydrogen-bond donors (Lipinski definition) is 1. The summed E-state index contributed by atoms with van der Waals surface area (Å²) in [6.07, 6.45) is 0. The number of anilines is 2. The molecule has 26 heavy (non-hydrogen) atoms. The fraction of sp³-hybridized carbons (Fsp3) is 0. The van der Waals surface area contributed by atoms with E-state index in [0.717, 1.165) is 28.6 Å². The highest BCUT2D eigenvalue weighted by Crippen LogP contribution is 2.28. The fourth-order valence-corrected chi connectivity index (χ4v) is 2.74. The third kappa shape index (κ3) is 3.21. The van der Waals surface area contributed by atoms with E-state index in [0.29, 0.717) is 22.4 Å². The van der Waals surface area contributed by atoms with E-state index in [1.54, 1.807) is 12.1 Å². The number of fused-ring (bicyclic) bond motifs is 1. The Balaban J connectivity index is 1.84. The summed E-state index contributed by atoms with van der Waals surface area (Å²) in [5, 5.41) is 4.45. The van der Waals surface area contributed by atoms with Crippen LogP contribution in [0.5, 0.6) is 0 Å². The molecule has 0 fully saturated rings.